The number of aromatic amines is 1. The number of aromatic nitrogens is 4. The fourth-order valence-corrected chi connectivity index (χ4v) is 4.80. The van der Waals surface area contributed by atoms with Crippen molar-refractivity contribution in [1.29, 1.82) is 0 Å². The standard InChI is InChI=1S/C25H26ClF2N7/c1-14-12-35(13-15(2)32-14)6-5-29-16-7-24-23(30-10-16)4-3-22(33-24)18-11-31-34-25(18)17-8-19(26)21(28)9-20(17)27/h3-4,7-11,14-15,29,32H,5-6,12-13H2,1-2H3,(H,31,34)/t14-,15+. The van der Waals surface area contributed by atoms with E-state index in [1.807, 2.05) is 12.1 Å². The van der Waals surface area contributed by atoms with Gasteiger partial charge >= 0.3 is 0 Å². The van der Waals surface area contributed by atoms with Crippen LogP contribution in [0.2, 0.25) is 5.02 Å². The van der Waals surface area contributed by atoms with Crippen LogP contribution in [0.15, 0.2) is 42.7 Å². The number of halogens is 3. The lowest BCUT2D eigenvalue weighted by molar-refractivity contribution is 0.179. The first-order valence-electron chi connectivity index (χ1n) is 11.5. The molecule has 0 spiro atoms. The monoisotopic (exact) mass is 497 g/mol. The van der Waals surface area contributed by atoms with Crippen LogP contribution in [0.25, 0.3) is 33.5 Å². The molecule has 0 saturated carbocycles. The summed E-state index contributed by atoms with van der Waals surface area (Å²) in [7, 11) is 0. The van der Waals surface area contributed by atoms with Gasteiger partial charge in [-0.05, 0) is 38.1 Å². The van der Waals surface area contributed by atoms with Gasteiger partial charge in [0.1, 0.15) is 11.6 Å². The maximum absolute atomic E-state index is 14.5. The summed E-state index contributed by atoms with van der Waals surface area (Å²) in [6, 6.07) is 8.58. The minimum atomic E-state index is -0.815. The van der Waals surface area contributed by atoms with Crippen molar-refractivity contribution < 1.29 is 8.78 Å². The van der Waals surface area contributed by atoms with Gasteiger partial charge in [-0.1, -0.05) is 11.6 Å². The summed E-state index contributed by atoms with van der Waals surface area (Å²) < 4.78 is 28.1. The predicted molar refractivity (Wildman–Crippen MR) is 134 cm³/mol. The van der Waals surface area contributed by atoms with E-state index in [-0.39, 0.29) is 10.6 Å². The zero-order chi connectivity index (χ0) is 24.5. The molecule has 0 radical (unpaired) electrons. The molecule has 0 unspecified atom stereocenters. The maximum atomic E-state index is 14.5. The highest BCUT2D eigenvalue weighted by atomic mass is 35.5. The van der Waals surface area contributed by atoms with Crippen molar-refractivity contribution in [1.82, 2.24) is 30.4 Å². The Morgan fingerprint density at radius 2 is 1.83 bits per heavy atom. The molecule has 1 fully saturated rings. The van der Waals surface area contributed by atoms with Crippen LogP contribution in [-0.2, 0) is 0 Å². The predicted octanol–water partition coefficient (Wildman–Crippen LogP) is 4.71. The lowest BCUT2D eigenvalue weighted by Crippen LogP contribution is -2.54. The Balaban J connectivity index is 1.36. The van der Waals surface area contributed by atoms with Crippen molar-refractivity contribution in [3.63, 3.8) is 0 Å². The second-order valence-electron chi connectivity index (χ2n) is 9.02. The summed E-state index contributed by atoms with van der Waals surface area (Å²) in [6.07, 6.45) is 3.36. The zero-order valence-electron chi connectivity index (χ0n) is 19.4. The molecular weight excluding hydrogens is 472 g/mol. The Kier molecular flexibility index (Phi) is 6.64. The fraction of sp³-hybridized carbons (Fsp3) is 0.320. The Bertz CT molecular complexity index is 1350. The third kappa shape index (κ3) is 5.12. The van der Waals surface area contributed by atoms with Crippen LogP contribution in [0.3, 0.4) is 0 Å². The summed E-state index contributed by atoms with van der Waals surface area (Å²) in [5.74, 6) is -1.55. The van der Waals surface area contributed by atoms with Crippen LogP contribution in [0.1, 0.15) is 13.8 Å². The van der Waals surface area contributed by atoms with E-state index in [1.54, 1.807) is 18.5 Å². The van der Waals surface area contributed by atoms with Crippen LogP contribution in [0, 0.1) is 11.6 Å². The molecule has 5 rings (SSSR count). The number of rotatable bonds is 6. The topological polar surface area (TPSA) is 81.8 Å². The summed E-state index contributed by atoms with van der Waals surface area (Å²) in [6.45, 7) is 8.20. The second-order valence-corrected chi connectivity index (χ2v) is 9.43. The first-order valence-corrected chi connectivity index (χ1v) is 11.9. The van der Waals surface area contributed by atoms with Gasteiger partial charge in [0.2, 0.25) is 0 Å². The Morgan fingerprint density at radius 3 is 2.63 bits per heavy atom. The molecule has 35 heavy (non-hydrogen) atoms. The molecule has 0 bridgehead atoms. The molecule has 0 aliphatic carbocycles. The van der Waals surface area contributed by atoms with Crippen LogP contribution in [0.4, 0.5) is 14.5 Å². The van der Waals surface area contributed by atoms with Crippen molar-refractivity contribution in [3.8, 4) is 22.5 Å². The van der Waals surface area contributed by atoms with Crippen molar-refractivity contribution in [2.24, 2.45) is 0 Å². The highest BCUT2D eigenvalue weighted by molar-refractivity contribution is 6.31. The molecule has 3 aromatic heterocycles. The Labute approximate surface area is 206 Å². The third-order valence-corrected chi connectivity index (χ3v) is 6.41. The largest absolute Gasteiger partial charge is 0.382 e. The van der Waals surface area contributed by atoms with Crippen molar-refractivity contribution in [3.05, 3.63) is 59.4 Å². The van der Waals surface area contributed by atoms with Gasteiger partial charge in [0.25, 0.3) is 0 Å². The molecule has 3 N–H and O–H groups in total. The van der Waals surface area contributed by atoms with E-state index in [0.29, 0.717) is 34.6 Å². The summed E-state index contributed by atoms with van der Waals surface area (Å²) in [5.41, 5.74) is 3.97. The molecule has 10 heteroatoms. The van der Waals surface area contributed by atoms with E-state index < -0.39 is 11.6 Å². The quantitative estimate of drug-likeness (QED) is 0.335. The molecule has 4 heterocycles. The van der Waals surface area contributed by atoms with Crippen LogP contribution in [-0.4, -0.2) is 63.3 Å². The van der Waals surface area contributed by atoms with Crippen LogP contribution < -0.4 is 10.6 Å². The van der Waals surface area contributed by atoms with Gasteiger partial charge in [-0.2, -0.15) is 5.10 Å². The molecule has 2 atom stereocenters. The number of hydrogen-bond acceptors (Lipinski definition) is 6. The van der Waals surface area contributed by atoms with Gasteiger partial charge in [0, 0.05) is 55.5 Å². The molecule has 1 aliphatic rings. The maximum Gasteiger partial charge on any atom is 0.144 e. The van der Waals surface area contributed by atoms with E-state index in [0.717, 1.165) is 43.4 Å². The Hall–Kier alpha value is -3.14. The average molecular weight is 498 g/mol. The number of H-pyrrole nitrogens is 1. The van der Waals surface area contributed by atoms with Gasteiger partial charge in [-0.25, -0.2) is 13.8 Å². The Morgan fingerprint density at radius 1 is 1.03 bits per heavy atom. The SMILES string of the molecule is C[C@@H]1CN(CCNc2cnc3ccc(-c4cn[nH]c4-c4cc(Cl)c(F)cc4F)nc3c2)C[C@H](C)N1. The minimum Gasteiger partial charge on any atom is -0.382 e. The lowest BCUT2D eigenvalue weighted by Gasteiger charge is -2.36. The van der Waals surface area contributed by atoms with Gasteiger partial charge < -0.3 is 10.6 Å². The molecular formula is C25H26ClF2N7. The van der Waals surface area contributed by atoms with Gasteiger partial charge in [-0.3, -0.25) is 15.0 Å². The van der Waals surface area contributed by atoms with E-state index in [1.165, 1.54) is 6.07 Å². The van der Waals surface area contributed by atoms with E-state index >= 15 is 0 Å². The molecule has 7 nitrogen and oxygen atoms in total. The molecule has 182 valence electrons. The van der Waals surface area contributed by atoms with Crippen LogP contribution >= 0.6 is 11.6 Å². The normalized spacial score (nSPS) is 18.8. The summed E-state index contributed by atoms with van der Waals surface area (Å²) in [5, 5.41) is 13.7. The number of benzene rings is 1. The van der Waals surface area contributed by atoms with Crippen molar-refractivity contribution in [2.45, 2.75) is 25.9 Å². The molecule has 1 saturated heterocycles. The van der Waals surface area contributed by atoms with E-state index in [2.05, 4.69) is 44.6 Å². The molecule has 1 aromatic carbocycles. The summed E-state index contributed by atoms with van der Waals surface area (Å²) in [4.78, 5) is 11.7. The number of hydrogen-bond donors (Lipinski definition) is 3. The first-order chi connectivity index (χ1) is 16.9. The third-order valence-electron chi connectivity index (χ3n) is 6.12. The molecule has 4 aromatic rings. The highest BCUT2D eigenvalue weighted by Gasteiger charge is 2.20. The number of anilines is 1. The van der Waals surface area contributed by atoms with Crippen LogP contribution in [0.5, 0.6) is 0 Å². The number of nitrogens with one attached hydrogen (secondary N) is 3. The average Bonchev–Trinajstić information content (AvgIpc) is 3.30. The second kappa shape index (κ2) is 9.85. The van der Waals surface area contributed by atoms with E-state index in [4.69, 9.17) is 16.6 Å². The smallest absolute Gasteiger partial charge is 0.144 e. The fourth-order valence-electron chi connectivity index (χ4n) is 4.63. The lowest BCUT2D eigenvalue weighted by atomic mass is 10.0. The number of piperazine rings is 1. The number of pyridine rings is 2. The number of fused-ring (bicyclic) bond motifs is 1. The van der Waals surface area contributed by atoms with Gasteiger partial charge in [-0.15, -0.1) is 0 Å². The molecule has 1 aliphatic heterocycles. The summed E-state index contributed by atoms with van der Waals surface area (Å²) >= 11 is 5.89. The zero-order valence-corrected chi connectivity index (χ0v) is 20.2. The van der Waals surface area contributed by atoms with Crippen molar-refractivity contribution >= 4 is 28.3 Å². The van der Waals surface area contributed by atoms with Crippen molar-refractivity contribution in [2.75, 3.05) is 31.5 Å². The van der Waals surface area contributed by atoms with Gasteiger partial charge in [0.15, 0.2) is 0 Å². The first kappa shape index (κ1) is 23.6. The minimum absolute atomic E-state index is 0.121. The molecule has 0 amide bonds. The van der Waals surface area contributed by atoms with Gasteiger partial charge in [0.05, 0.1) is 45.5 Å². The van der Waals surface area contributed by atoms with E-state index in [9.17, 15) is 8.78 Å². The number of nitrogens with zero attached hydrogens (tertiary/aromatic N) is 4. The highest BCUT2D eigenvalue weighted by Crippen LogP contribution is 2.34.